The number of methoxy groups -OCH3 is 1. The van der Waals surface area contributed by atoms with Crippen LogP contribution in [0.3, 0.4) is 0 Å². The smallest absolute Gasteiger partial charge is 0.410 e. The SMILES string of the molecule is COc1ccc(COC[C@H]2O[C@H](O[C@H]3[C@H](OCc4ccccc4)[C@@H](OCc4ccccc4)CN(C(=O)OCc4ccccc4)[C@@H]3CO[Si](c3ccccc3)(c3ccccc3)C(C)(C)C)[C@H](N=[N+]=[N-])[C@@H](OCc3ccccc3)[C@@H]2OCc2ccccc2)cc1. The van der Waals surface area contributed by atoms with E-state index in [9.17, 15) is 5.53 Å². The van der Waals surface area contributed by atoms with E-state index in [4.69, 9.17) is 47.1 Å². The Morgan fingerprint density at radius 2 is 0.966 bits per heavy atom. The summed E-state index contributed by atoms with van der Waals surface area (Å²) in [4.78, 5) is 20.7. The van der Waals surface area contributed by atoms with Crippen LogP contribution in [0.1, 0.15) is 54.2 Å². The number of carbonyl (C=O) groups excluding carboxylic acids is 1. The van der Waals surface area contributed by atoms with Crippen LogP contribution in [0.15, 0.2) is 242 Å². The number of ether oxygens (including phenoxy) is 9. The normalized spacial score (nSPS) is 21.2. The third kappa shape index (κ3) is 16.2. The molecule has 2 heterocycles. The third-order valence-corrected chi connectivity index (χ3v) is 21.1. The van der Waals surface area contributed by atoms with Gasteiger partial charge < -0.3 is 47.1 Å². The van der Waals surface area contributed by atoms with Crippen LogP contribution in [0.2, 0.25) is 5.04 Å². The second-order valence-corrected chi connectivity index (χ2v) is 27.4. The van der Waals surface area contributed by atoms with E-state index in [-0.39, 0.29) is 59.4 Å². The summed E-state index contributed by atoms with van der Waals surface area (Å²) in [6, 6.07) is 75.1. The minimum absolute atomic E-state index is 0.000719. The topological polar surface area (TPSA) is 161 Å². The van der Waals surface area contributed by atoms with Gasteiger partial charge in [0.2, 0.25) is 0 Å². The molecule has 0 unspecified atom stereocenters. The first-order valence-corrected chi connectivity index (χ1v) is 31.9. The van der Waals surface area contributed by atoms with Crippen molar-refractivity contribution in [2.24, 2.45) is 5.11 Å². The Balaban J connectivity index is 1.12. The fourth-order valence-electron chi connectivity index (χ4n) is 11.7. The van der Waals surface area contributed by atoms with Gasteiger partial charge in [-0.3, -0.25) is 4.90 Å². The van der Waals surface area contributed by atoms with Crippen molar-refractivity contribution in [1.82, 2.24) is 4.90 Å². The molecule has 0 aliphatic carbocycles. The first-order chi connectivity index (χ1) is 43.1. The fourth-order valence-corrected chi connectivity index (χ4v) is 16.3. The molecule has 2 aliphatic rings. The van der Waals surface area contributed by atoms with Crippen LogP contribution in [-0.4, -0.2) is 101 Å². The van der Waals surface area contributed by atoms with Crippen molar-refractivity contribution in [3.63, 3.8) is 0 Å². The molecule has 1 amide bonds. The van der Waals surface area contributed by atoms with Gasteiger partial charge in [-0.25, -0.2) is 4.79 Å². The Kier molecular flexibility index (Phi) is 22.4. The molecule has 16 heteroatoms. The minimum Gasteiger partial charge on any atom is -0.497 e. The van der Waals surface area contributed by atoms with Gasteiger partial charge in [-0.05, 0) is 66.5 Å². The molecule has 2 fully saturated rings. The zero-order chi connectivity index (χ0) is 61.0. The first-order valence-electron chi connectivity index (χ1n) is 30.0. The van der Waals surface area contributed by atoms with Crippen molar-refractivity contribution >= 4 is 24.8 Å². The van der Waals surface area contributed by atoms with E-state index in [1.165, 1.54) is 0 Å². The summed E-state index contributed by atoms with van der Waals surface area (Å²) in [6.07, 6.45) is -7.72. The molecule has 8 aromatic carbocycles. The number of amides is 1. The number of benzene rings is 8. The third-order valence-electron chi connectivity index (χ3n) is 16.1. The standard InChI is InChI=1S/C72H78N4O11Si/c1-72(2,3)88(60-36-22-10-23-37-60,61-38-24-11-25-39-61)85-51-62-66(67(81-47-54-28-14-6-15-29-54)63(80-46-53-26-12-5-13-27-53)44-76(62)71(77)84-50-57-34-20-9-21-35-57)87-70-65(74-75-73)69(83-49-56-32-18-8-19-33-56)68(82-48-55-30-16-7-17-31-55)64(86-70)52-79-45-58-40-42-59(78-4)43-41-58/h5-43,62-70H,44-52H2,1-4H3/t62-,63+,64-,65-,66-,67-,68-,69-,70-/m1/s1. The number of carbonyl (C=O) groups is 1. The molecule has 0 saturated carbocycles. The molecule has 0 radical (unpaired) electrons. The largest absolute Gasteiger partial charge is 0.497 e. The Morgan fingerprint density at radius 3 is 1.43 bits per heavy atom. The Morgan fingerprint density at radius 1 is 0.534 bits per heavy atom. The summed E-state index contributed by atoms with van der Waals surface area (Å²) < 4.78 is 69.5. The quantitative estimate of drug-likeness (QED) is 0.0208. The molecule has 0 spiro atoms. The fraction of sp³-hybridized carbons (Fsp3) is 0.319. The van der Waals surface area contributed by atoms with Gasteiger partial charge in [-0.2, -0.15) is 0 Å². The number of hydrogen-bond acceptors (Lipinski definition) is 12. The van der Waals surface area contributed by atoms with Crippen LogP contribution < -0.4 is 15.1 Å². The maximum Gasteiger partial charge on any atom is 0.410 e. The molecule has 2 aliphatic heterocycles. The molecule has 0 bridgehead atoms. The van der Waals surface area contributed by atoms with Crippen molar-refractivity contribution < 1.29 is 51.9 Å². The number of piperidine rings is 1. The molecule has 456 valence electrons. The second-order valence-electron chi connectivity index (χ2n) is 23.1. The summed E-state index contributed by atoms with van der Waals surface area (Å²) in [5.41, 5.74) is 16.1. The van der Waals surface area contributed by atoms with Gasteiger partial charge >= 0.3 is 6.09 Å². The van der Waals surface area contributed by atoms with Crippen molar-refractivity contribution in [2.45, 2.75) is 120 Å². The predicted molar refractivity (Wildman–Crippen MR) is 340 cm³/mol. The average Bonchev–Trinajstić information content (AvgIpc) is 1.64. The molecular formula is C72H78N4O11Si. The van der Waals surface area contributed by atoms with Gasteiger partial charge in [-0.15, -0.1) is 0 Å². The van der Waals surface area contributed by atoms with Gasteiger partial charge in [0, 0.05) is 4.91 Å². The highest BCUT2D eigenvalue weighted by Gasteiger charge is 2.56. The minimum atomic E-state index is -3.37. The molecule has 8 aromatic rings. The van der Waals surface area contributed by atoms with Gasteiger partial charge in [0.1, 0.15) is 55.0 Å². The highest BCUT2D eigenvalue weighted by molar-refractivity contribution is 6.99. The van der Waals surface area contributed by atoms with Gasteiger partial charge in [0.25, 0.3) is 8.32 Å². The molecule has 2 saturated heterocycles. The first kappa shape index (κ1) is 63.1. The lowest BCUT2D eigenvalue weighted by Gasteiger charge is -2.52. The van der Waals surface area contributed by atoms with Crippen molar-refractivity contribution in [2.75, 3.05) is 26.9 Å². The lowest BCUT2D eigenvalue weighted by molar-refractivity contribution is -0.317. The molecule has 15 nitrogen and oxygen atoms in total. The molecule has 0 N–H and O–H groups in total. The molecule has 0 aromatic heterocycles. The lowest BCUT2D eigenvalue weighted by Crippen LogP contribution is -2.71. The highest BCUT2D eigenvalue weighted by Crippen LogP contribution is 2.40. The Bertz CT molecular complexity index is 3350. The van der Waals surface area contributed by atoms with E-state index < -0.39 is 74.4 Å². The maximum absolute atomic E-state index is 15.5. The zero-order valence-electron chi connectivity index (χ0n) is 50.4. The van der Waals surface area contributed by atoms with Crippen molar-refractivity contribution in [3.8, 4) is 5.75 Å². The summed E-state index contributed by atoms with van der Waals surface area (Å²) >= 11 is 0. The van der Waals surface area contributed by atoms with Crippen LogP contribution in [0.25, 0.3) is 10.4 Å². The zero-order valence-corrected chi connectivity index (χ0v) is 51.4. The predicted octanol–water partition coefficient (Wildman–Crippen LogP) is 12.9. The van der Waals surface area contributed by atoms with Crippen LogP contribution in [0.5, 0.6) is 5.75 Å². The number of nitrogens with zero attached hydrogens (tertiary/aromatic N) is 4. The average molecular weight is 1200 g/mol. The maximum atomic E-state index is 15.5. The van der Waals surface area contributed by atoms with Gasteiger partial charge in [0.15, 0.2) is 6.29 Å². The molecule has 10 rings (SSSR count). The summed E-state index contributed by atoms with van der Waals surface area (Å²) in [6.45, 7) is 7.39. The number of azide groups is 1. The van der Waals surface area contributed by atoms with E-state index in [1.54, 1.807) is 12.0 Å². The van der Waals surface area contributed by atoms with E-state index >= 15 is 4.79 Å². The monoisotopic (exact) mass is 1200 g/mol. The number of hydrogen-bond donors (Lipinski definition) is 0. The molecule has 88 heavy (non-hydrogen) atoms. The van der Waals surface area contributed by atoms with Crippen LogP contribution in [0.4, 0.5) is 4.79 Å². The molecule has 9 atom stereocenters. The van der Waals surface area contributed by atoms with E-state index in [0.29, 0.717) is 0 Å². The van der Waals surface area contributed by atoms with Crippen LogP contribution >= 0.6 is 0 Å². The van der Waals surface area contributed by atoms with Crippen molar-refractivity contribution in [3.05, 3.63) is 280 Å². The summed E-state index contributed by atoms with van der Waals surface area (Å²) in [7, 11) is -1.74. The van der Waals surface area contributed by atoms with Crippen molar-refractivity contribution in [1.29, 1.82) is 0 Å². The van der Waals surface area contributed by atoms with Crippen LogP contribution in [0, 0.1) is 0 Å². The van der Waals surface area contributed by atoms with E-state index in [1.807, 2.05) is 212 Å². The Hall–Kier alpha value is -7.96. The number of likely N-dealkylation sites (tertiary alicyclic amines) is 1. The van der Waals surface area contributed by atoms with E-state index in [0.717, 1.165) is 49.5 Å². The van der Waals surface area contributed by atoms with Gasteiger partial charge in [-0.1, -0.05) is 250 Å². The summed E-state index contributed by atoms with van der Waals surface area (Å²) in [5.74, 6) is 0.719. The Labute approximate surface area is 517 Å². The van der Waals surface area contributed by atoms with Crippen LogP contribution in [-0.2, 0) is 82.0 Å². The van der Waals surface area contributed by atoms with Gasteiger partial charge in [0.05, 0.1) is 65.9 Å². The highest BCUT2D eigenvalue weighted by atomic mass is 28.4. The lowest BCUT2D eigenvalue weighted by atomic mass is 9.92. The number of rotatable bonds is 27. The summed E-state index contributed by atoms with van der Waals surface area (Å²) in [5, 5.41) is 6.14. The van der Waals surface area contributed by atoms with E-state index in [2.05, 4.69) is 55.1 Å². The second kappa shape index (κ2) is 31.3. The molecular weight excluding hydrogens is 1120 g/mol.